The molecule has 0 N–H and O–H groups in total. The van der Waals surface area contributed by atoms with Crippen molar-refractivity contribution in [2.75, 3.05) is 0 Å². The van der Waals surface area contributed by atoms with Gasteiger partial charge in [0, 0.05) is 26.7 Å². The molecule has 238 valence electrons. The van der Waals surface area contributed by atoms with E-state index in [2.05, 4.69) is 161 Å². The Morgan fingerprint density at radius 2 is 1.29 bits per heavy atom. The first kappa shape index (κ1) is 29.8. The van der Waals surface area contributed by atoms with Crippen LogP contribution in [0, 0.1) is 6.92 Å². The lowest BCUT2D eigenvalue weighted by Crippen LogP contribution is -2.09. The van der Waals surface area contributed by atoms with Gasteiger partial charge in [-0.3, -0.25) is 4.57 Å². The van der Waals surface area contributed by atoms with Crippen molar-refractivity contribution in [3.8, 4) is 28.2 Å². The predicted octanol–water partition coefficient (Wildman–Crippen LogP) is 13.0. The molecule has 0 saturated heterocycles. The Bertz CT molecular complexity index is 2700. The molecule has 3 aromatic heterocycles. The number of aromatic nitrogens is 3. The SMILES string of the molecule is Cc1ccc2c(n1)sc1c(-c3nc4cc5c(ccc6ccccc65)cc4n3-c3c(C(C)C)cc(-c4ccccc4)cc3C(C)C)cccc12. The number of imidazole rings is 1. The van der Waals surface area contributed by atoms with Crippen molar-refractivity contribution in [3.05, 3.63) is 138 Å². The average molecular weight is 652 g/mol. The summed E-state index contributed by atoms with van der Waals surface area (Å²) in [7, 11) is 0. The highest BCUT2D eigenvalue weighted by Gasteiger charge is 2.25. The minimum atomic E-state index is 0.290. The van der Waals surface area contributed by atoms with Crippen molar-refractivity contribution in [1.82, 2.24) is 14.5 Å². The Labute approximate surface area is 290 Å². The molecule has 49 heavy (non-hydrogen) atoms. The third kappa shape index (κ3) is 4.77. The molecule has 4 heteroatoms. The van der Waals surface area contributed by atoms with Crippen LogP contribution in [0.2, 0.25) is 0 Å². The molecule has 0 aliphatic heterocycles. The van der Waals surface area contributed by atoms with E-state index in [1.807, 2.05) is 0 Å². The van der Waals surface area contributed by atoms with Crippen molar-refractivity contribution in [3.63, 3.8) is 0 Å². The molecular weight excluding hydrogens is 615 g/mol. The number of aryl methyl sites for hydroxylation is 1. The summed E-state index contributed by atoms with van der Waals surface area (Å²) in [5.41, 5.74) is 10.7. The van der Waals surface area contributed by atoms with E-state index in [0.29, 0.717) is 0 Å². The lowest BCUT2D eigenvalue weighted by Gasteiger charge is -2.24. The zero-order valence-corrected chi connectivity index (χ0v) is 29.3. The molecular formula is C45H37N3S. The van der Waals surface area contributed by atoms with Gasteiger partial charge >= 0.3 is 0 Å². The van der Waals surface area contributed by atoms with E-state index < -0.39 is 0 Å². The number of rotatable bonds is 5. The summed E-state index contributed by atoms with van der Waals surface area (Å²) in [6, 6.07) is 44.5. The van der Waals surface area contributed by atoms with Gasteiger partial charge in [-0.2, -0.15) is 0 Å². The lowest BCUT2D eigenvalue weighted by molar-refractivity contribution is 0.812. The number of fused-ring (bicyclic) bond motifs is 7. The van der Waals surface area contributed by atoms with Crippen LogP contribution in [0.4, 0.5) is 0 Å². The third-order valence-corrected chi connectivity index (χ3v) is 11.2. The molecule has 0 spiro atoms. The van der Waals surface area contributed by atoms with Gasteiger partial charge in [-0.25, -0.2) is 9.97 Å². The highest BCUT2D eigenvalue weighted by Crippen LogP contribution is 2.44. The lowest BCUT2D eigenvalue weighted by atomic mass is 9.88. The number of nitrogens with zero attached hydrogens (tertiary/aromatic N) is 3. The van der Waals surface area contributed by atoms with Crippen LogP contribution < -0.4 is 0 Å². The quantitative estimate of drug-likeness (QED) is 0.173. The monoisotopic (exact) mass is 651 g/mol. The molecule has 0 radical (unpaired) electrons. The summed E-state index contributed by atoms with van der Waals surface area (Å²) < 4.78 is 3.71. The number of pyridine rings is 1. The Morgan fingerprint density at radius 1 is 0.571 bits per heavy atom. The van der Waals surface area contributed by atoms with Gasteiger partial charge in [-0.15, -0.1) is 11.3 Å². The summed E-state index contributed by atoms with van der Waals surface area (Å²) in [4.78, 5) is 11.6. The van der Waals surface area contributed by atoms with Crippen molar-refractivity contribution < 1.29 is 0 Å². The maximum absolute atomic E-state index is 5.58. The number of thiophene rings is 1. The Kier molecular flexibility index (Phi) is 6.93. The van der Waals surface area contributed by atoms with Gasteiger partial charge in [0.25, 0.3) is 0 Å². The van der Waals surface area contributed by atoms with Crippen molar-refractivity contribution in [2.45, 2.75) is 46.5 Å². The summed E-state index contributed by atoms with van der Waals surface area (Å²) >= 11 is 1.77. The molecule has 6 aromatic carbocycles. The predicted molar refractivity (Wildman–Crippen MR) is 211 cm³/mol. The summed E-state index contributed by atoms with van der Waals surface area (Å²) in [6.07, 6.45) is 0. The highest BCUT2D eigenvalue weighted by molar-refractivity contribution is 7.26. The molecule has 0 aliphatic carbocycles. The maximum Gasteiger partial charge on any atom is 0.147 e. The second-order valence-corrected chi connectivity index (χ2v) is 14.9. The van der Waals surface area contributed by atoms with Gasteiger partial charge in [0.1, 0.15) is 10.7 Å². The third-order valence-electron chi connectivity index (χ3n) is 10.0. The largest absolute Gasteiger partial charge is 0.292 e. The normalized spacial score (nSPS) is 12.1. The van der Waals surface area contributed by atoms with Gasteiger partial charge in [0.15, 0.2) is 0 Å². The molecule has 0 aliphatic rings. The van der Waals surface area contributed by atoms with Gasteiger partial charge in [-0.1, -0.05) is 107 Å². The van der Waals surface area contributed by atoms with Crippen molar-refractivity contribution in [1.29, 1.82) is 0 Å². The van der Waals surface area contributed by atoms with Crippen LogP contribution in [0.15, 0.2) is 121 Å². The fourth-order valence-electron chi connectivity index (χ4n) is 7.55. The fraction of sp³-hybridized carbons (Fsp3) is 0.156. The molecule has 0 atom stereocenters. The van der Waals surface area contributed by atoms with Crippen LogP contribution >= 0.6 is 11.3 Å². The van der Waals surface area contributed by atoms with E-state index >= 15 is 0 Å². The van der Waals surface area contributed by atoms with Crippen molar-refractivity contribution in [2.24, 2.45) is 0 Å². The van der Waals surface area contributed by atoms with E-state index in [1.165, 1.54) is 65.0 Å². The fourth-order valence-corrected chi connectivity index (χ4v) is 8.78. The van der Waals surface area contributed by atoms with Crippen LogP contribution in [0.5, 0.6) is 0 Å². The number of benzene rings is 6. The smallest absolute Gasteiger partial charge is 0.147 e. The zero-order valence-electron chi connectivity index (χ0n) is 28.5. The Hall–Kier alpha value is -5.32. The zero-order chi connectivity index (χ0) is 33.4. The molecule has 0 bridgehead atoms. The summed E-state index contributed by atoms with van der Waals surface area (Å²) in [6.45, 7) is 11.3. The summed E-state index contributed by atoms with van der Waals surface area (Å²) in [5.74, 6) is 1.55. The van der Waals surface area contributed by atoms with Gasteiger partial charge in [0.05, 0.1) is 16.7 Å². The second-order valence-electron chi connectivity index (χ2n) is 13.9. The van der Waals surface area contributed by atoms with Gasteiger partial charge < -0.3 is 0 Å². The van der Waals surface area contributed by atoms with E-state index in [0.717, 1.165) is 32.9 Å². The highest BCUT2D eigenvalue weighted by atomic mass is 32.1. The number of hydrogen-bond donors (Lipinski definition) is 0. The molecule has 3 nitrogen and oxygen atoms in total. The van der Waals surface area contributed by atoms with Crippen LogP contribution in [0.3, 0.4) is 0 Å². The van der Waals surface area contributed by atoms with Gasteiger partial charge in [-0.05, 0) is 105 Å². The molecule has 3 heterocycles. The van der Waals surface area contributed by atoms with E-state index in [9.17, 15) is 0 Å². The molecule has 9 rings (SSSR count). The average Bonchev–Trinajstić information content (AvgIpc) is 3.67. The molecule has 0 fully saturated rings. The van der Waals surface area contributed by atoms with Crippen LogP contribution in [0.25, 0.3) is 81.1 Å². The molecule has 9 aromatic rings. The first-order valence-electron chi connectivity index (χ1n) is 17.2. The molecule has 0 amide bonds. The Balaban J connectivity index is 1.44. The van der Waals surface area contributed by atoms with Crippen LogP contribution in [-0.2, 0) is 0 Å². The molecule has 0 saturated carbocycles. The van der Waals surface area contributed by atoms with Crippen LogP contribution in [0.1, 0.15) is 56.4 Å². The van der Waals surface area contributed by atoms with E-state index in [1.54, 1.807) is 11.3 Å². The molecule has 0 unspecified atom stereocenters. The summed E-state index contributed by atoms with van der Waals surface area (Å²) in [5, 5.41) is 7.38. The van der Waals surface area contributed by atoms with E-state index in [-0.39, 0.29) is 11.8 Å². The second kappa shape index (κ2) is 11.4. The van der Waals surface area contributed by atoms with Crippen molar-refractivity contribution >= 4 is 64.2 Å². The minimum absolute atomic E-state index is 0.290. The minimum Gasteiger partial charge on any atom is -0.292 e. The van der Waals surface area contributed by atoms with Gasteiger partial charge in [0.2, 0.25) is 0 Å². The maximum atomic E-state index is 5.58. The first-order valence-corrected chi connectivity index (χ1v) is 18.0. The van der Waals surface area contributed by atoms with Crippen LogP contribution in [-0.4, -0.2) is 14.5 Å². The number of hydrogen-bond acceptors (Lipinski definition) is 3. The first-order chi connectivity index (χ1) is 23.9. The Morgan fingerprint density at radius 3 is 2.06 bits per heavy atom. The standard InChI is InChI=1S/C45H37N3S/c1-26(2)37-22-32(29-12-7-6-8-13-29)23-38(27(3)4)42(37)48-41-24-31-20-19-30-14-9-10-15-33(30)39(31)25-40(41)47-44(48)36-17-11-16-34-35-21-18-28(5)46-45(35)49-43(34)36/h6-27H,1-5H3. The van der Waals surface area contributed by atoms with E-state index in [4.69, 9.17) is 9.97 Å². The topological polar surface area (TPSA) is 30.7 Å².